The van der Waals surface area contributed by atoms with E-state index in [-0.39, 0.29) is 10.6 Å². The molecule has 0 radical (unpaired) electrons. The van der Waals surface area contributed by atoms with Gasteiger partial charge in [0.2, 0.25) is 0 Å². The Morgan fingerprint density at radius 2 is 1.81 bits per heavy atom. The van der Waals surface area contributed by atoms with Crippen LogP contribution in [0, 0.1) is 10.1 Å². The number of piperazine rings is 1. The van der Waals surface area contributed by atoms with Crippen LogP contribution in [-0.2, 0) is 0 Å². The molecule has 1 aliphatic rings. The first-order valence-corrected chi connectivity index (χ1v) is 8.82. The van der Waals surface area contributed by atoms with E-state index in [0.29, 0.717) is 5.39 Å². The van der Waals surface area contributed by atoms with Crippen molar-refractivity contribution >= 4 is 27.8 Å². The van der Waals surface area contributed by atoms with E-state index in [1.807, 2.05) is 30.3 Å². The van der Waals surface area contributed by atoms with Crippen LogP contribution < -0.4 is 14.5 Å². The van der Waals surface area contributed by atoms with Crippen molar-refractivity contribution in [2.24, 2.45) is 0 Å². The van der Waals surface area contributed by atoms with Crippen molar-refractivity contribution in [3.05, 3.63) is 65.0 Å². The van der Waals surface area contributed by atoms with Crippen molar-refractivity contribution in [2.45, 2.75) is 0 Å². The number of nitro benzene ring substituents is 1. The Labute approximate surface area is 156 Å². The lowest BCUT2D eigenvalue weighted by Crippen LogP contribution is -2.46. The van der Waals surface area contributed by atoms with Crippen LogP contribution in [0.15, 0.2) is 54.9 Å². The highest BCUT2D eigenvalue weighted by molar-refractivity contribution is 5.99. The van der Waals surface area contributed by atoms with Crippen molar-refractivity contribution in [2.75, 3.05) is 43.1 Å². The molecule has 27 heavy (non-hydrogen) atoms. The summed E-state index contributed by atoms with van der Waals surface area (Å²) < 4.78 is 5.32. The van der Waals surface area contributed by atoms with Crippen LogP contribution in [0.3, 0.4) is 0 Å². The number of nitrogens with zero attached hydrogens (tertiary/aromatic N) is 4. The lowest BCUT2D eigenvalue weighted by molar-refractivity contribution is -0.383. The van der Waals surface area contributed by atoms with Gasteiger partial charge in [0.05, 0.1) is 17.4 Å². The fourth-order valence-electron chi connectivity index (χ4n) is 3.61. The number of nitro groups is 1. The second-order valence-corrected chi connectivity index (χ2v) is 6.46. The summed E-state index contributed by atoms with van der Waals surface area (Å²) in [5.41, 5.74) is 2.26. The number of aromatic nitrogens is 1. The summed E-state index contributed by atoms with van der Waals surface area (Å²) in [7, 11) is 1.67. The van der Waals surface area contributed by atoms with E-state index >= 15 is 0 Å². The monoisotopic (exact) mass is 364 g/mol. The summed E-state index contributed by atoms with van der Waals surface area (Å²) in [5, 5.41) is 12.8. The van der Waals surface area contributed by atoms with E-state index in [4.69, 9.17) is 4.74 Å². The SMILES string of the molecule is COc1cccc(N2CCN(c3ccc([N+](=O)[O-])c4cnccc34)CC2)c1. The third-order valence-corrected chi connectivity index (χ3v) is 5.01. The molecule has 1 fully saturated rings. The first-order valence-electron chi connectivity index (χ1n) is 8.82. The van der Waals surface area contributed by atoms with Crippen molar-refractivity contribution < 1.29 is 9.66 Å². The quantitative estimate of drug-likeness (QED) is 0.521. The zero-order valence-corrected chi connectivity index (χ0v) is 15.0. The maximum Gasteiger partial charge on any atom is 0.278 e. The van der Waals surface area contributed by atoms with E-state index in [0.717, 1.165) is 48.7 Å². The number of hydrogen-bond donors (Lipinski definition) is 0. The van der Waals surface area contributed by atoms with Crippen molar-refractivity contribution in [1.82, 2.24) is 4.98 Å². The number of pyridine rings is 1. The summed E-state index contributed by atoms with van der Waals surface area (Å²) in [4.78, 5) is 19.6. The normalized spacial score (nSPS) is 14.4. The largest absolute Gasteiger partial charge is 0.497 e. The average Bonchev–Trinajstić information content (AvgIpc) is 2.73. The lowest BCUT2D eigenvalue weighted by Gasteiger charge is -2.37. The van der Waals surface area contributed by atoms with Gasteiger partial charge in [-0.2, -0.15) is 0 Å². The predicted molar refractivity (Wildman–Crippen MR) is 106 cm³/mol. The molecule has 4 rings (SSSR count). The Kier molecular flexibility index (Phi) is 4.50. The second kappa shape index (κ2) is 7.11. The number of rotatable bonds is 4. The molecule has 0 bridgehead atoms. The molecule has 138 valence electrons. The third-order valence-electron chi connectivity index (χ3n) is 5.01. The first-order chi connectivity index (χ1) is 13.2. The molecule has 0 aliphatic carbocycles. The zero-order valence-electron chi connectivity index (χ0n) is 15.0. The molecule has 2 aromatic carbocycles. The highest BCUT2D eigenvalue weighted by atomic mass is 16.6. The van der Waals surface area contributed by atoms with Crippen LogP contribution in [0.25, 0.3) is 10.8 Å². The van der Waals surface area contributed by atoms with Crippen LogP contribution in [-0.4, -0.2) is 43.2 Å². The highest BCUT2D eigenvalue weighted by Gasteiger charge is 2.22. The van der Waals surface area contributed by atoms with E-state index < -0.39 is 0 Å². The van der Waals surface area contributed by atoms with Crippen LogP contribution in [0.1, 0.15) is 0 Å². The van der Waals surface area contributed by atoms with Gasteiger partial charge < -0.3 is 14.5 Å². The van der Waals surface area contributed by atoms with Gasteiger partial charge in [-0.25, -0.2) is 0 Å². The van der Waals surface area contributed by atoms with Gasteiger partial charge in [-0.1, -0.05) is 6.07 Å². The topological polar surface area (TPSA) is 71.7 Å². The number of fused-ring (bicyclic) bond motifs is 1. The molecule has 0 spiro atoms. The van der Waals surface area contributed by atoms with Gasteiger partial charge in [-0.05, 0) is 24.3 Å². The molecule has 7 nitrogen and oxygen atoms in total. The molecule has 0 atom stereocenters. The molecule has 2 heterocycles. The van der Waals surface area contributed by atoms with E-state index in [1.54, 1.807) is 25.6 Å². The Balaban J connectivity index is 1.58. The fourth-order valence-corrected chi connectivity index (χ4v) is 3.61. The molecule has 0 N–H and O–H groups in total. The zero-order chi connectivity index (χ0) is 18.8. The molecule has 1 aromatic heterocycles. The lowest BCUT2D eigenvalue weighted by atomic mass is 10.1. The van der Waals surface area contributed by atoms with Gasteiger partial charge in [0.25, 0.3) is 5.69 Å². The Hall–Kier alpha value is -3.35. The average molecular weight is 364 g/mol. The van der Waals surface area contributed by atoms with Crippen molar-refractivity contribution in [3.8, 4) is 5.75 Å². The van der Waals surface area contributed by atoms with E-state index in [1.165, 1.54) is 0 Å². The van der Waals surface area contributed by atoms with Crippen LogP contribution in [0.5, 0.6) is 5.75 Å². The van der Waals surface area contributed by atoms with E-state index in [9.17, 15) is 10.1 Å². The van der Waals surface area contributed by atoms with Gasteiger partial charge in [0.15, 0.2) is 0 Å². The molecule has 0 amide bonds. The van der Waals surface area contributed by atoms with Gasteiger partial charge in [-0.3, -0.25) is 15.1 Å². The molecule has 0 unspecified atom stereocenters. The van der Waals surface area contributed by atoms with Crippen LogP contribution in [0.2, 0.25) is 0 Å². The smallest absolute Gasteiger partial charge is 0.278 e. The number of hydrogen-bond acceptors (Lipinski definition) is 6. The number of methoxy groups -OCH3 is 1. The van der Waals surface area contributed by atoms with Crippen LogP contribution in [0.4, 0.5) is 17.1 Å². The summed E-state index contributed by atoms with van der Waals surface area (Å²) in [5.74, 6) is 0.851. The fraction of sp³-hybridized carbons (Fsp3) is 0.250. The Morgan fingerprint density at radius 3 is 2.56 bits per heavy atom. The Morgan fingerprint density at radius 1 is 1.04 bits per heavy atom. The number of ether oxygens (including phenoxy) is 1. The summed E-state index contributed by atoms with van der Waals surface area (Å²) in [6.07, 6.45) is 3.26. The molecule has 0 saturated carbocycles. The minimum absolute atomic E-state index is 0.0943. The minimum Gasteiger partial charge on any atom is -0.497 e. The summed E-state index contributed by atoms with van der Waals surface area (Å²) in [6, 6.07) is 13.4. The molecular weight excluding hydrogens is 344 g/mol. The maximum absolute atomic E-state index is 11.3. The number of anilines is 2. The third kappa shape index (κ3) is 3.23. The summed E-state index contributed by atoms with van der Waals surface area (Å²) in [6.45, 7) is 3.42. The van der Waals surface area contributed by atoms with E-state index in [2.05, 4.69) is 20.9 Å². The van der Waals surface area contributed by atoms with Gasteiger partial charge in [-0.15, -0.1) is 0 Å². The number of benzene rings is 2. The number of non-ortho nitro benzene ring substituents is 1. The maximum atomic E-state index is 11.3. The standard InChI is InChI=1S/C20H20N4O3/c1-27-16-4-2-3-15(13-16)22-9-11-23(12-10-22)19-5-6-20(24(25)26)18-14-21-8-7-17(18)19/h2-8,13-14H,9-12H2,1H3. The van der Waals surface area contributed by atoms with Crippen LogP contribution >= 0.6 is 0 Å². The highest BCUT2D eigenvalue weighted by Crippen LogP contribution is 2.34. The molecule has 7 heteroatoms. The first kappa shape index (κ1) is 17.1. The van der Waals surface area contributed by atoms with Gasteiger partial charge in [0, 0.05) is 67.5 Å². The predicted octanol–water partition coefficient (Wildman–Crippen LogP) is 3.48. The van der Waals surface area contributed by atoms with Crippen molar-refractivity contribution in [1.29, 1.82) is 0 Å². The molecule has 3 aromatic rings. The minimum atomic E-state index is -0.353. The van der Waals surface area contributed by atoms with Gasteiger partial charge >= 0.3 is 0 Å². The summed E-state index contributed by atoms with van der Waals surface area (Å²) >= 11 is 0. The molecule has 1 saturated heterocycles. The van der Waals surface area contributed by atoms with Crippen molar-refractivity contribution in [3.63, 3.8) is 0 Å². The second-order valence-electron chi connectivity index (χ2n) is 6.46. The molecular formula is C20H20N4O3. The molecule has 1 aliphatic heterocycles. The van der Waals surface area contributed by atoms with Gasteiger partial charge in [0.1, 0.15) is 5.75 Å². The Bertz CT molecular complexity index is 984.